The lowest BCUT2D eigenvalue weighted by Gasteiger charge is -2.41. The van der Waals surface area contributed by atoms with Gasteiger partial charge in [0.2, 0.25) is 11.7 Å². The first-order valence-electron chi connectivity index (χ1n) is 8.29. The molecule has 0 radical (unpaired) electrons. The summed E-state index contributed by atoms with van der Waals surface area (Å²) in [5, 5.41) is 0. The van der Waals surface area contributed by atoms with Gasteiger partial charge in [0.15, 0.2) is 11.6 Å². The lowest BCUT2D eigenvalue weighted by Crippen LogP contribution is -2.42. The largest absolute Gasteiger partial charge is 0.493 e. The van der Waals surface area contributed by atoms with Crippen molar-refractivity contribution in [3.05, 3.63) is 65.2 Å². The zero-order chi connectivity index (χ0) is 19.1. The molecule has 0 aliphatic carbocycles. The van der Waals surface area contributed by atoms with Crippen molar-refractivity contribution in [1.29, 1.82) is 0 Å². The normalized spacial score (nSPS) is 28.1. The average Bonchev–Trinajstić information content (AvgIpc) is 2.91. The molecule has 1 heterocycles. The van der Waals surface area contributed by atoms with E-state index in [1.54, 1.807) is 0 Å². The van der Waals surface area contributed by atoms with E-state index in [1.165, 1.54) is 13.2 Å². The fourth-order valence-electron chi connectivity index (χ4n) is 3.86. The van der Waals surface area contributed by atoms with Crippen LogP contribution in [0.5, 0.6) is 5.75 Å². The van der Waals surface area contributed by atoms with Crippen molar-refractivity contribution >= 4 is 5.91 Å². The first-order chi connectivity index (χ1) is 12.2. The lowest BCUT2D eigenvalue weighted by molar-refractivity contribution is -0.134. The summed E-state index contributed by atoms with van der Waals surface area (Å²) in [5.41, 5.74) is 4.84. The molecule has 2 aromatic rings. The minimum Gasteiger partial charge on any atom is -0.493 e. The molecule has 0 spiro atoms. The SMILES string of the molecule is COc1c(C2(C)CC(C(N)=O)OC2(C)c2ccccc2)ccc(F)c1F. The van der Waals surface area contributed by atoms with E-state index < -0.39 is 34.7 Å². The fourth-order valence-corrected chi connectivity index (χ4v) is 3.86. The number of methoxy groups -OCH3 is 1. The van der Waals surface area contributed by atoms with Crippen molar-refractivity contribution in [3.63, 3.8) is 0 Å². The second-order valence-corrected chi connectivity index (χ2v) is 6.89. The Balaban J connectivity index is 2.25. The Morgan fingerprint density at radius 1 is 1.19 bits per heavy atom. The fraction of sp³-hybridized carbons (Fsp3) is 0.350. The summed E-state index contributed by atoms with van der Waals surface area (Å²) in [4.78, 5) is 11.8. The van der Waals surface area contributed by atoms with Gasteiger partial charge in [-0.25, -0.2) is 4.39 Å². The second-order valence-electron chi connectivity index (χ2n) is 6.89. The van der Waals surface area contributed by atoms with Gasteiger partial charge in [-0.1, -0.05) is 43.3 Å². The zero-order valence-electron chi connectivity index (χ0n) is 14.9. The van der Waals surface area contributed by atoms with E-state index in [0.29, 0.717) is 5.56 Å². The molecule has 1 fully saturated rings. The van der Waals surface area contributed by atoms with Crippen LogP contribution in [-0.4, -0.2) is 19.1 Å². The van der Waals surface area contributed by atoms with E-state index in [-0.39, 0.29) is 12.2 Å². The monoisotopic (exact) mass is 361 g/mol. The van der Waals surface area contributed by atoms with Gasteiger partial charge in [0, 0.05) is 11.0 Å². The Bertz CT molecular complexity index is 842. The minimum atomic E-state index is -1.07. The lowest BCUT2D eigenvalue weighted by atomic mass is 9.65. The van der Waals surface area contributed by atoms with Gasteiger partial charge in [0.25, 0.3) is 0 Å². The van der Waals surface area contributed by atoms with E-state index in [0.717, 1.165) is 11.6 Å². The van der Waals surface area contributed by atoms with E-state index in [4.69, 9.17) is 15.2 Å². The van der Waals surface area contributed by atoms with Gasteiger partial charge in [-0.15, -0.1) is 0 Å². The predicted octanol–water partition coefficient (Wildman–Crippen LogP) is 3.42. The molecule has 0 bridgehead atoms. The van der Waals surface area contributed by atoms with Crippen molar-refractivity contribution in [2.24, 2.45) is 5.73 Å². The van der Waals surface area contributed by atoms with Crippen molar-refractivity contribution < 1.29 is 23.0 Å². The van der Waals surface area contributed by atoms with Crippen LogP contribution in [0, 0.1) is 11.6 Å². The van der Waals surface area contributed by atoms with Crippen molar-refractivity contribution in [2.45, 2.75) is 37.4 Å². The molecule has 3 rings (SSSR count). The Labute approximate surface area is 150 Å². The van der Waals surface area contributed by atoms with E-state index in [9.17, 15) is 13.6 Å². The number of ether oxygens (including phenoxy) is 2. The van der Waals surface area contributed by atoms with Gasteiger partial charge in [0.1, 0.15) is 11.7 Å². The van der Waals surface area contributed by atoms with Crippen molar-refractivity contribution in [3.8, 4) is 5.75 Å². The molecule has 1 aliphatic rings. The molecule has 138 valence electrons. The van der Waals surface area contributed by atoms with Crippen LogP contribution in [0.3, 0.4) is 0 Å². The number of rotatable bonds is 4. The molecule has 0 aromatic heterocycles. The molecular formula is C20H21F2NO3. The number of nitrogens with two attached hydrogens (primary N) is 1. The number of benzene rings is 2. The zero-order valence-corrected chi connectivity index (χ0v) is 14.9. The smallest absolute Gasteiger partial charge is 0.246 e. The summed E-state index contributed by atoms with van der Waals surface area (Å²) >= 11 is 0. The highest BCUT2D eigenvalue weighted by Crippen LogP contribution is 2.56. The topological polar surface area (TPSA) is 61.5 Å². The van der Waals surface area contributed by atoms with Gasteiger partial charge < -0.3 is 15.2 Å². The highest BCUT2D eigenvalue weighted by Gasteiger charge is 2.58. The Morgan fingerprint density at radius 2 is 1.85 bits per heavy atom. The second kappa shape index (κ2) is 6.36. The Morgan fingerprint density at radius 3 is 2.42 bits per heavy atom. The molecular weight excluding hydrogens is 340 g/mol. The van der Waals surface area contributed by atoms with Crippen LogP contribution < -0.4 is 10.5 Å². The molecule has 6 heteroatoms. The Hall–Kier alpha value is -2.47. The highest BCUT2D eigenvalue weighted by molar-refractivity contribution is 5.80. The molecule has 0 saturated carbocycles. The van der Waals surface area contributed by atoms with Crippen LogP contribution in [0.25, 0.3) is 0 Å². The summed E-state index contributed by atoms with van der Waals surface area (Å²) in [7, 11) is 1.28. The third-order valence-corrected chi connectivity index (χ3v) is 5.52. The highest BCUT2D eigenvalue weighted by atomic mass is 19.2. The third kappa shape index (κ3) is 2.56. The number of amides is 1. The van der Waals surface area contributed by atoms with Crippen molar-refractivity contribution in [1.82, 2.24) is 0 Å². The molecule has 1 amide bonds. The molecule has 1 aliphatic heterocycles. The van der Waals surface area contributed by atoms with Crippen LogP contribution in [0.15, 0.2) is 42.5 Å². The number of hydrogen-bond donors (Lipinski definition) is 1. The molecule has 4 nitrogen and oxygen atoms in total. The maximum atomic E-state index is 14.4. The summed E-state index contributed by atoms with van der Waals surface area (Å²) in [5.74, 6) is -2.86. The number of halogens is 2. The summed E-state index contributed by atoms with van der Waals surface area (Å²) in [6.07, 6.45) is -0.641. The Kier molecular flexibility index (Phi) is 4.48. The maximum absolute atomic E-state index is 14.4. The van der Waals surface area contributed by atoms with Gasteiger partial charge in [-0.3, -0.25) is 4.79 Å². The predicted molar refractivity (Wildman–Crippen MR) is 92.7 cm³/mol. The average molecular weight is 361 g/mol. The van der Waals surface area contributed by atoms with Gasteiger partial charge in [0.05, 0.1) is 7.11 Å². The number of carbonyl (C=O) groups excluding carboxylic acids is 1. The van der Waals surface area contributed by atoms with Crippen LogP contribution in [0.1, 0.15) is 31.4 Å². The summed E-state index contributed by atoms with van der Waals surface area (Å²) in [6.45, 7) is 3.67. The third-order valence-electron chi connectivity index (χ3n) is 5.52. The molecule has 3 unspecified atom stereocenters. The number of carbonyl (C=O) groups is 1. The van der Waals surface area contributed by atoms with E-state index in [2.05, 4.69) is 0 Å². The summed E-state index contributed by atoms with van der Waals surface area (Å²) < 4.78 is 39.3. The molecule has 1 saturated heterocycles. The first-order valence-corrected chi connectivity index (χ1v) is 8.29. The molecule has 2 aromatic carbocycles. The van der Waals surface area contributed by atoms with Crippen LogP contribution in [0.4, 0.5) is 8.78 Å². The van der Waals surface area contributed by atoms with E-state index >= 15 is 0 Å². The minimum absolute atomic E-state index is 0.191. The summed E-state index contributed by atoms with van der Waals surface area (Å²) in [6, 6.07) is 11.8. The van der Waals surface area contributed by atoms with Gasteiger partial charge in [-0.05, 0) is 25.0 Å². The molecule has 26 heavy (non-hydrogen) atoms. The first kappa shape index (κ1) is 18.3. The van der Waals surface area contributed by atoms with Crippen LogP contribution >= 0.6 is 0 Å². The van der Waals surface area contributed by atoms with Gasteiger partial charge in [-0.2, -0.15) is 4.39 Å². The standard InChI is InChI=1S/C20H21F2NO3/c1-19(13-9-10-14(21)16(22)17(13)25-3)11-15(18(23)24)26-20(19,2)12-7-5-4-6-8-12/h4-10,15H,11H2,1-3H3,(H2,23,24). The number of primary amides is 1. The van der Waals surface area contributed by atoms with Crippen LogP contribution in [0.2, 0.25) is 0 Å². The van der Waals surface area contributed by atoms with Gasteiger partial charge >= 0.3 is 0 Å². The van der Waals surface area contributed by atoms with Crippen LogP contribution in [-0.2, 0) is 20.5 Å². The quantitative estimate of drug-likeness (QED) is 0.908. The maximum Gasteiger partial charge on any atom is 0.246 e. The molecule has 2 N–H and O–H groups in total. The van der Waals surface area contributed by atoms with Crippen molar-refractivity contribution in [2.75, 3.05) is 7.11 Å². The van der Waals surface area contributed by atoms with E-state index in [1.807, 2.05) is 44.2 Å². The number of hydrogen-bond acceptors (Lipinski definition) is 3. The molecule has 3 atom stereocenters.